The Balaban J connectivity index is 0.00000196. The van der Waals surface area contributed by atoms with Gasteiger partial charge < -0.3 is 10.2 Å². The Bertz CT molecular complexity index is 913. The molecule has 0 radical (unpaired) electrons. The Kier molecular flexibility index (Phi) is 5.54. The zero-order valence-electron chi connectivity index (χ0n) is 14.1. The molecule has 1 N–H and O–H groups in total. The number of piperazine rings is 1. The molecule has 0 bridgehead atoms. The average molecular weight is 375 g/mol. The van der Waals surface area contributed by atoms with Crippen molar-refractivity contribution in [2.24, 2.45) is 0 Å². The van der Waals surface area contributed by atoms with E-state index in [1.165, 1.54) is 12.1 Å². The van der Waals surface area contributed by atoms with Gasteiger partial charge >= 0.3 is 0 Å². The fourth-order valence-electron chi connectivity index (χ4n) is 3.39. The maximum atomic E-state index is 13.6. The molecule has 1 amide bonds. The van der Waals surface area contributed by atoms with E-state index < -0.39 is 0 Å². The number of aromatic nitrogens is 2. The molecule has 0 aliphatic carbocycles. The Morgan fingerprint density at radius 2 is 2.08 bits per heavy atom. The van der Waals surface area contributed by atoms with E-state index in [1.54, 1.807) is 16.9 Å². The normalized spacial score (nSPS) is 17.1. The van der Waals surface area contributed by atoms with Gasteiger partial charge in [0, 0.05) is 25.0 Å². The minimum absolute atomic E-state index is 0. The van der Waals surface area contributed by atoms with Crippen molar-refractivity contribution in [3.63, 3.8) is 0 Å². The lowest BCUT2D eigenvalue weighted by atomic mass is 10.0. The summed E-state index contributed by atoms with van der Waals surface area (Å²) >= 11 is 0. The van der Waals surface area contributed by atoms with E-state index in [1.807, 2.05) is 35.2 Å². The van der Waals surface area contributed by atoms with Crippen LogP contribution in [0.1, 0.15) is 11.6 Å². The monoisotopic (exact) mass is 374 g/mol. The Morgan fingerprint density at radius 1 is 1.23 bits per heavy atom. The van der Waals surface area contributed by atoms with Gasteiger partial charge in [-0.25, -0.2) is 4.39 Å². The van der Waals surface area contributed by atoms with E-state index in [9.17, 15) is 9.18 Å². The van der Waals surface area contributed by atoms with Crippen LogP contribution in [-0.4, -0.2) is 40.2 Å². The van der Waals surface area contributed by atoms with Crippen molar-refractivity contribution in [1.82, 2.24) is 20.0 Å². The summed E-state index contributed by atoms with van der Waals surface area (Å²) in [5.41, 5.74) is 1.75. The van der Waals surface area contributed by atoms with Crippen LogP contribution in [0.5, 0.6) is 0 Å². The van der Waals surface area contributed by atoms with Crippen LogP contribution in [0.3, 0.4) is 0 Å². The van der Waals surface area contributed by atoms with Gasteiger partial charge in [-0.3, -0.25) is 9.48 Å². The number of amides is 1. The molecule has 136 valence electrons. The number of fused-ring (bicyclic) bond motifs is 1. The first-order valence-electron chi connectivity index (χ1n) is 8.38. The molecule has 2 heterocycles. The van der Waals surface area contributed by atoms with Crippen molar-refractivity contribution < 1.29 is 9.18 Å². The van der Waals surface area contributed by atoms with Crippen molar-refractivity contribution in [2.45, 2.75) is 12.6 Å². The molecular weight excluding hydrogens is 355 g/mol. The van der Waals surface area contributed by atoms with Crippen LogP contribution in [0.25, 0.3) is 10.9 Å². The zero-order chi connectivity index (χ0) is 17.2. The number of benzene rings is 2. The van der Waals surface area contributed by atoms with Gasteiger partial charge in [0.1, 0.15) is 12.4 Å². The molecular formula is C19H20ClFN4O. The van der Waals surface area contributed by atoms with E-state index >= 15 is 0 Å². The summed E-state index contributed by atoms with van der Waals surface area (Å²) in [6.45, 7) is 2.13. The fourth-order valence-corrected chi connectivity index (χ4v) is 3.39. The largest absolute Gasteiger partial charge is 0.331 e. The molecule has 1 aromatic heterocycles. The molecule has 0 saturated carbocycles. The van der Waals surface area contributed by atoms with Crippen LogP contribution in [-0.2, 0) is 11.3 Å². The molecule has 3 aromatic rings. The minimum Gasteiger partial charge on any atom is -0.331 e. The van der Waals surface area contributed by atoms with Crippen molar-refractivity contribution in [2.75, 3.05) is 19.6 Å². The summed E-state index contributed by atoms with van der Waals surface area (Å²) in [6.07, 6.45) is 1.77. The second kappa shape index (κ2) is 7.85. The lowest BCUT2D eigenvalue weighted by molar-refractivity contribution is -0.135. The van der Waals surface area contributed by atoms with Gasteiger partial charge in [-0.2, -0.15) is 5.10 Å². The highest BCUT2D eigenvalue weighted by molar-refractivity contribution is 5.85. The maximum absolute atomic E-state index is 13.6. The summed E-state index contributed by atoms with van der Waals surface area (Å²) < 4.78 is 15.3. The summed E-state index contributed by atoms with van der Waals surface area (Å²) in [5, 5.41) is 8.63. The molecule has 1 aliphatic heterocycles. The number of para-hydroxylation sites is 1. The zero-order valence-corrected chi connectivity index (χ0v) is 15.0. The molecule has 4 rings (SSSR count). The first-order valence-corrected chi connectivity index (χ1v) is 8.38. The molecule has 1 unspecified atom stereocenters. The molecule has 1 fully saturated rings. The second-order valence-electron chi connectivity index (χ2n) is 6.22. The van der Waals surface area contributed by atoms with Crippen LogP contribution in [0.2, 0.25) is 0 Å². The van der Waals surface area contributed by atoms with Crippen molar-refractivity contribution >= 4 is 29.2 Å². The highest BCUT2D eigenvalue weighted by atomic mass is 35.5. The van der Waals surface area contributed by atoms with Gasteiger partial charge in [0.15, 0.2) is 0 Å². The number of carbonyl (C=O) groups excluding carboxylic acids is 1. The SMILES string of the molecule is Cl.O=C(Cn1ncc2ccccc21)N1CCNCC1c1cccc(F)c1. The number of carbonyl (C=O) groups is 1. The molecule has 1 aliphatic rings. The van der Waals surface area contributed by atoms with Gasteiger partial charge in [0.2, 0.25) is 5.91 Å². The van der Waals surface area contributed by atoms with Crippen molar-refractivity contribution in [3.05, 3.63) is 66.1 Å². The molecule has 0 spiro atoms. The molecule has 2 aromatic carbocycles. The summed E-state index contributed by atoms with van der Waals surface area (Å²) in [5.74, 6) is -0.293. The van der Waals surface area contributed by atoms with E-state index in [4.69, 9.17) is 0 Å². The first kappa shape index (κ1) is 18.4. The minimum atomic E-state index is -0.284. The van der Waals surface area contributed by atoms with Gasteiger partial charge in [-0.1, -0.05) is 30.3 Å². The summed E-state index contributed by atoms with van der Waals surface area (Å²) in [7, 11) is 0. The predicted molar refractivity (Wildman–Crippen MR) is 101 cm³/mol. The van der Waals surface area contributed by atoms with E-state index in [0.717, 1.165) is 23.0 Å². The van der Waals surface area contributed by atoms with Gasteiger partial charge in [-0.05, 0) is 23.8 Å². The number of hydrogen-bond acceptors (Lipinski definition) is 3. The molecule has 26 heavy (non-hydrogen) atoms. The van der Waals surface area contributed by atoms with Crippen molar-refractivity contribution in [1.29, 1.82) is 0 Å². The quantitative estimate of drug-likeness (QED) is 0.767. The molecule has 1 saturated heterocycles. The molecule has 1 atom stereocenters. The van der Waals surface area contributed by atoms with E-state index in [-0.39, 0.29) is 36.7 Å². The van der Waals surface area contributed by atoms with Crippen molar-refractivity contribution in [3.8, 4) is 0 Å². The van der Waals surface area contributed by atoms with E-state index in [2.05, 4.69) is 10.4 Å². The second-order valence-corrected chi connectivity index (χ2v) is 6.22. The van der Waals surface area contributed by atoms with Gasteiger partial charge in [0.05, 0.1) is 17.8 Å². The first-order chi connectivity index (χ1) is 12.2. The summed E-state index contributed by atoms with van der Waals surface area (Å²) in [4.78, 5) is 14.7. The number of rotatable bonds is 3. The standard InChI is InChI=1S/C19H19FN4O.ClH/c20-16-6-3-5-14(10-16)18-12-21-8-9-23(18)19(25)13-24-17-7-2-1-4-15(17)11-22-24;/h1-7,10-11,18,21H,8-9,12-13H2;1H. The highest BCUT2D eigenvalue weighted by Crippen LogP contribution is 2.23. The third-order valence-electron chi connectivity index (χ3n) is 4.63. The topological polar surface area (TPSA) is 50.2 Å². The number of nitrogens with one attached hydrogen (secondary N) is 1. The summed E-state index contributed by atoms with van der Waals surface area (Å²) in [6, 6.07) is 14.1. The lowest BCUT2D eigenvalue weighted by Crippen LogP contribution is -2.49. The Morgan fingerprint density at radius 3 is 2.92 bits per heavy atom. The van der Waals surface area contributed by atoms with Gasteiger partial charge in [-0.15, -0.1) is 12.4 Å². The number of halogens is 2. The molecule has 5 nitrogen and oxygen atoms in total. The maximum Gasteiger partial charge on any atom is 0.244 e. The van der Waals surface area contributed by atoms with Crippen LogP contribution in [0.4, 0.5) is 4.39 Å². The predicted octanol–water partition coefficient (Wildman–Crippen LogP) is 2.77. The Hall–Kier alpha value is -2.44. The fraction of sp³-hybridized carbons (Fsp3) is 0.263. The smallest absolute Gasteiger partial charge is 0.244 e. The molecule has 7 heteroatoms. The lowest BCUT2D eigenvalue weighted by Gasteiger charge is -2.36. The highest BCUT2D eigenvalue weighted by Gasteiger charge is 2.28. The van der Waals surface area contributed by atoms with Crippen LogP contribution in [0, 0.1) is 5.82 Å². The third-order valence-corrected chi connectivity index (χ3v) is 4.63. The number of hydrogen-bond donors (Lipinski definition) is 1. The van der Waals surface area contributed by atoms with Crippen LogP contribution >= 0.6 is 12.4 Å². The van der Waals surface area contributed by atoms with E-state index in [0.29, 0.717) is 13.1 Å². The third kappa shape index (κ3) is 3.57. The average Bonchev–Trinajstić information content (AvgIpc) is 3.05. The number of nitrogens with zero attached hydrogens (tertiary/aromatic N) is 3. The van der Waals surface area contributed by atoms with Crippen LogP contribution in [0.15, 0.2) is 54.7 Å². The van der Waals surface area contributed by atoms with Gasteiger partial charge in [0.25, 0.3) is 0 Å². The van der Waals surface area contributed by atoms with Crippen LogP contribution < -0.4 is 5.32 Å². The Labute approximate surface area is 157 Å².